The molecule has 1 fully saturated rings. The summed E-state index contributed by atoms with van der Waals surface area (Å²) in [6.07, 6.45) is 1.75. The fourth-order valence-electron chi connectivity index (χ4n) is 3.58. The van der Waals surface area contributed by atoms with Gasteiger partial charge in [-0.2, -0.15) is 0 Å². The maximum atomic E-state index is 12.9. The molecule has 1 aliphatic carbocycles. The van der Waals surface area contributed by atoms with Gasteiger partial charge in [0.25, 0.3) is 0 Å². The van der Waals surface area contributed by atoms with Crippen molar-refractivity contribution in [3.05, 3.63) is 35.5 Å². The normalized spacial score (nSPS) is 19.1. The Morgan fingerprint density at radius 1 is 1.14 bits per heavy atom. The van der Waals surface area contributed by atoms with Crippen LogP contribution in [0.5, 0.6) is 0 Å². The summed E-state index contributed by atoms with van der Waals surface area (Å²) >= 11 is 0. The second-order valence-electron chi connectivity index (χ2n) is 7.19. The standard InChI is InChI=1S/C18H21NO3/c1-17(2)15(18(17,3)4)14(20)12-9-19-13-7-6-10(8-11(12)13)16(21)22-5/h6-9,15,19H,1-5H3. The molecule has 22 heavy (non-hydrogen) atoms. The number of hydrogen-bond acceptors (Lipinski definition) is 3. The van der Waals surface area contributed by atoms with Gasteiger partial charge in [-0.25, -0.2) is 4.79 Å². The van der Waals surface area contributed by atoms with E-state index in [-0.39, 0.29) is 22.5 Å². The maximum Gasteiger partial charge on any atom is 0.337 e. The fourth-order valence-corrected chi connectivity index (χ4v) is 3.58. The first-order valence-electron chi connectivity index (χ1n) is 7.45. The van der Waals surface area contributed by atoms with Gasteiger partial charge in [-0.15, -0.1) is 0 Å². The van der Waals surface area contributed by atoms with Crippen LogP contribution in [0, 0.1) is 16.7 Å². The van der Waals surface area contributed by atoms with Crippen molar-refractivity contribution in [3.63, 3.8) is 0 Å². The number of methoxy groups -OCH3 is 1. The summed E-state index contributed by atoms with van der Waals surface area (Å²) in [4.78, 5) is 27.7. The molecule has 0 amide bonds. The number of benzene rings is 1. The van der Waals surface area contributed by atoms with Crippen molar-refractivity contribution < 1.29 is 14.3 Å². The van der Waals surface area contributed by atoms with Crippen molar-refractivity contribution in [3.8, 4) is 0 Å². The van der Waals surface area contributed by atoms with E-state index in [2.05, 4.69) is 32.7 Å². The summed E-state index contributed by atoms with van der Waals surface area (Å²) in [6, 6.07) is 5.23. The van der Waals surface area contributed by atoms with Crippen molar-refractivity contribution >= 4 is 22.7 Å². The molecule has 3 rings (SSSR count). The van der Waals surface area contributed by atoms with Crippen LogP contribution in [-0.4, -0.2) is 23.8 Å². The zero-order chi connectivity index (χ0) is 16.3. The molecule has 4 heteroatoms. The van der Waals surface area contributed by atoms with Gasteiger partial charge in [-0.1, -0.05) is 27.7 Å². The minimum atomic E-state index is -0.395. The molecule has 1 aromatic carbocycles. The number of Topliss-reactive ketones (excluding diaryl/α,β-unsaturated/α-hetero) is 1. The molecule has 4 nitrogen and oxygen atoms in total. The SMILES string of the molecule is COC(=O)c1ccc2[nH]cc(C(=O)C3C(C)(C)C3(C)C)c2c1. The Hall–Kier alpha value is -2.10. The Labute approximate surface area is 129 Å². The van der Waals surface area contributed by atoms with Crippen LogP contribution in [0.1, 0.15) is 48.4 Å². The van der Waals surface area contributed by atoms with Crippen LogP contribution in [0.25, 0.3) is 10.9 Å². The number of rotatable bonds is 3. The number of hydrogen-bond donors (Lipinski definition) is 1. The molecule has 2 aromatic rings. The number of fused-ring (bicyclic) bond motifs is 1. The van der Waals surface area contributed by atoms with E-state index in [0.29, 0.717) is 11.1 Å². The van der Waals surface area contributed by atoms with Crippen molar-refractivity contribution in [1.29, 1.82) is 0 Å². The third-order valence-electron chi connectivity index (χ3n) is 5.65. The minimum Gasteiger partial charge on any atom is -0.465 e. The highest BCUT2D eigenvalue weighted by atomic mass is 16.5. The molecular formula is C18H21NO3. The molecule has 0 radical (unpaired) electrons. The van der Waals surface area contributed by atoms with Gasteiger partial charge in [-0.05, 0) is 29.0 Å². The molecule has 1 saturated carbocycles. The number of aromatic nitrogens is 1. The summed E-state index contributed by atoms with van der Waals surface area (Å²) in [7, 11) is 1.35. The van der Waals surface area contributed by atoms with Gasteiger partial charge >= 0.3 is 5.97 Å². The minimum absolute atomic E-state index is 0.000725. The van der Waals surface area contributed by atoms with Crippen LogP contribution in [0.2, 0.25) is 0 Å². The van der Waals surface area contributed by atoms with Gasteiger partial charge in [-0.3, -0.25) is 4.79 Å². The summed E-state index contributed by atoms with van der Waals surface area (Å²) < 4.78 is 4.75. The molecular weight excluding hydrogens is 278 g/mol. The van der Waals surface area contributed by atoms with Gasteiger partial charge in [0.05, 0.1) is 12.7 Å². The molecule has 0 unspecified atom stereocenters. The van der Waals surface area contributed by atoms with E-state index in [1.807, 2.05) is 6.07 Å². The third kappa shape index (κ3) is 1.83. The molecule has 0 atom stereocenters. The monoisotopic (exact) mass is 299 g/mol. The van der Waals surface area contributed by atoms with Crippen molar-refractivity contribution in [2.45, 2.75) is 27.7 Å². The van der Waals surface area contributed by atoms with Crippen LogP contribution < -0.4 is 0 Å². The van der Waals surface area contributed by atoms with Crippen LogP contribution in [0.3, 0.4) is 0 Å². The van der Waals surface area contributed by atoms with Crippen LogP contribution in [-0.2, 0) is 4.74 Å². The van der Waals surface area contributed by atoms with E-state index in [1.165, 1.54) is 7.11 Å². The molecule has 0 aliphatic heterocycles. The quantitative estimate of drug-likeness (QED) is 0.692. The number of nitrogens with one attached hydrogen (secondary N) is 1. The van der Waals surface area contributed by atoms with Gasteiger partial charge in [0, 0.05) is 28.6 Å². The Morgan fingerprint density at radius 3 is 2.32 bits per heavy atom. The lowest BCUT2D eigenvalue weighted by molar-refractivity contribution is 0.0600. The lowest BCUT2D eigenvalue weighted by Crippen LogP contribution is -2.07. The number of esters is 1. The predicted octanol–water partition coefficient (Wildman–Crippen LogP) is 3.82. The predicted molar refractivity (Wildman–Crippen MR) is 85.0 cm³/mol. The smallest absolute Gasteiger partial charge is 0.337 e. The van der Waals surface area contributed by atoms with E-state index in [0.717, 1.165) is 10.9 Å². The molecule has 1 N–H and O–H groups in total. The molecule has 0 saturated heterocycles. The Bertz CT molecular complexity index is 769. The topological polar surface area (TPSA) is 59.2 Å². The number of H-pyrrole nitrogens is 1. The average Bonchev–Trinajstić information content (AvgIpc) is 2.80. The molecule has 0 spiro atoms. The van der Waals surface area contributed by atoms with E-state index < -0.39 is 5.97 Å². The first-order chi connectivity index (χ1) is 10.2. The number of ether oxygens (including phenoxy) is 1. The number of ketones is 1. The summed E-state index contributed by atoms with van der Waals surface area (Å²) in [5, 5.41) is 0.784. The summed E-state index contributed by atoms with van der Waals surface area (Å²) in [5.74, 6) is -0.252. The number of aromatic amines is 1. The molecule has 1 aromatic heterocycles. The molecule has 1 aliphatic rings. The highest BCUT2D eigenvalue weighted by Gasteiger charge is 2.68. The van der Waals surface area contributed by atoms with Gasteiger partial charge in [0.1, 0.15) is 0 Å². The second kappa shape index (κ2) is 4.45. The number of carbonyl (C=O) groups is 2. The molecule has 0 bridgehead atoms. The van der Waals surface area contributed by atoms with E-state index in [9.17, 15) is 9.59 Å². The molecule has 1 heterocycles. The lowest BCUT2D eigenvalue weighted by Gasteiger charge is -2.03. The molecule has 116 valence electrons. The maximum absolute atomic E-state index is 12.9. The summed E-state index contributed by atoms with van der Waals surface area (Å²) in [6.45, 7) is 8.52. The zero-order valence-corrected chi connectivity index (χ0v) is 13.6. The Balaban J connectivity index is 2.05. The fraction of sp³-hybridized carbons (Fsp3) is 0.444. The van der Waals surface area contributed by atoms with Crippen molar-refractivity contribution in [2.24, 2.45) is 16.7 Å². The van der Waals surface area contributed by atoms with E-state index in [1.54, 1.807) is 18.3 Å². The van der Waals surface area contributed by atoms with Crippen molar-refractivity contribution in [1.82, 2.24) is 4.98 Å². The largest absolute Gasteiger partial charge is 0.465 e. The zero-order valence-electron chi connectivity index (χ0n) is 13.6. The van der Waals surface area contributed by atoms with E-state index in [4.69, 9.17) is 4.74 Å². The van der Waals surface area contributed by atoms with Gasteiger partial charge in [0.2, 0.25) is 0 Å². The number of carbonyl (C=O) groups excluding carboxylic acids is 2. The Morgan fingerprint density at radius 2 is 1.77 bits per heavy atom. The lowest BCUT2D eigenvalue weighted by atomic mass is 10.00. The highest BCUT2D eigenvalue weighted by Crippen LogP contribution is 2.69. The first kappa shape index (κ1) is 14.8. The summed E-state index contributed by atoms with van der Waals surface area (Å²) in [5.41, 5.74) is 1.95. The highest BCUT2D eigenvalue weighted by molar-refractivity contribution is 6.11. The Kier molecular flexibility index (Phi) is 3.00. The van der Waals surface area contributed by atoms with Crippen LogP contribution in [0.4, 0.5) is 0 Å². The van der Waals surface area contributed by atoms with Crippen LogP contribution >= 0.6 is 0 Å². The average molecular weight is 299 g/mol. The first-order valence-corrected chi connectivity index (χ1v) is 7.45. The van der Waals surface area contributed by atoms with Crippen LogP contribution in [0.15, 0.2) is 24.4 Å². The van der Waals surface area contributed by atoms with E-state index >= 15 is 0 Å². The van der Waals surface area contributed by atoms with Crippen molar-refractivity contribution in [2.75, 3.05) is 7.11 Å². The van der Waals surface area contributed by atoms with Gasteiger partial charge < -0.3 is 9.72 Å². The van der Waals surface area contributed by atoms with Gasteiger partial charge in [0.15, 0.2) is 5.78 Å². The third-order valence-corrected chi connectivity index (χ3v) is 5.65. The second-order valence-corrected chi connectivity index (χ2v) is 7.19.